The van der Waals surface area contributed by atoms with Crippen LogP contribution in [-0.2, 0) is 0 Å². The van der Waals surface area contributed by atoms with Gasteiger partial charge in [0.15, 0.2) is 0 Å². The van der Waals surface area contributed by atoms with E-state index in [0.29, 0.717) is 0 Å². The molecular weight excluding hydrogens is 374 g/mol. The smallest absolute Gasteiger partial charge is 0.0314 e. The number of anilines is 1. The molecule has 0 radical (unpaired) electrons. The van der Waals surface area contributed by atoms with Crippen LogP contribution < -0.4 is 5.73 Å². The average molecular weight is 396 g/mol. The minimum Gasteiger partial charge on any atom is -0.399 e. The highest BCUT2D eigenvalue weighted by Gasteiger charge is 2.16. The summed E-state index contributed by atoms with van der Waals surface area (Å²) >= 11 is 0. The summed E-state index contributed by atoms with van der Waals surface area (Å²) in [7, 11) is 0. The van der Waals surface area contributed by atoms with Gasteiger partial charge in [-0.05, 0) is 72.8 Å². The van der Waals surface area contributed by atoms with Crippen LogP contribution in [0.3, 0.4) is 0 Å². The van der Waals surface area contributed by atoms with Crippen LogP contribution in [0.5, 0.6) is 0 Å². The van der Waals surface area contributed by atoms with E-state index >= 15 is 0 Å². The minimum absolute atomic E-state index is 0.783. The Balaban J connectivity index is 1.76. The number of rotatable bonds is 2. The van der Waals surface area contributed by atoms with Crippen LogP contribution in [0.2, 0.25) is 0 Å². The summed E-state index contributed by atoms with van der Waals surface area (Å²) < 4.78 is 0. The van der Waals surface area contributed by atoms with Crippen molar-refractivity contribution in [1.82, 2.24) is 0 Å². The van der Waals surface area contributed by atoms with Crippen molar-refractivity contribution in [2.45, 2.75) is 0 Å². The Morgan fingerprint density at radius 3 is 1.42 bits per heavy atom. The van der Waals surface area contributed by atoms with E-state index in [-0.39, 0.29) is 0 Å². The molecule has 6 rings (SSSR count). The highest BCUT2D eigenvalue weighted by Crippen LogP contribution is 2.43. The zero-order valence-corrected chi connectivity index (χ0v) is 17.0. The molecule has 0 saturated carbocycles. The SMILES string of the molecule is Nc1ccc(-c2c3ccccc3c(-c3ccc4ccccc4c3)c3ccccc23)cc1. The van der Waals surface area contributed by atoms with Gasteiger partial charge in [0.25, 0.3) is 0 Å². The molecule has 6 aromatic rings. The van der Waals surface area contributed by atoms with Gasteiger partial charge in [-0.25, -0.2) is 0 Å². The molecule has 0 atom stereocenters. The molecule has 0 heterocycles. The largest absolute Gasteiger partial charge is 0.399 e. The first-order valence-corrected chi connectivity index (χ1v) is 10.6. The molecule has 0 aliphatic rings. The number of fused-ring (bicyclic) bond motifs is 3. The lowest BCUT2D eigenvalue weighted by Gasteiger charge is -2.18. The maximum absolute atomic E-state index is 5.98. The Morgan fingerprint density at radius 1 is 0.387 bits per heavy atom. The van der Waals surface area contributed by atoms with Gasteiger partial charge < -0.3 is 5.73 Å². The number of nitrogen functional groups attached to an aromatic ring is 1. The number of hydrogen-bond acceptors (Lipinski definition) is 1. The van der Waals surface area contributed by atoms with Gasteiger partial charge >= 0.3 is 0 Å². The Hall–Kier alpha value is -4.10. The standard InChI is InChI=1S/C30H21N/c31-24-17-15-21(16-18-24)29-25-9-3-5-11-27(25)30(28-12-6-4-10-26(28)29)23-14-13-20-7-1-2-8-22(20)19-23/h1-19H,31H2. The second-order valence-corrected chi connectivity index (χ2v) is 8.03. The monoisotopic (exact) mass is 395 g/mol. The molecule has 2 N–H and O–H groups in total. The fourth-order valence-corrected chi connectivity index (χ4v) is 4.75. The molecule has 0 bridgehead atoms. The predicted molar refractivity (Wildman–Crippen MR) is 134 cm³/mol. The second-order valence-electron chi connectivity index (χ2n) is 8.03. The second kappa shape index (κ2) is 7.00. The van der Waals surface area contributed by atoms with E-state index in [1.165, 1.54) is 54.6 Å². The van der Waals surface area contributed by atoms with Gasteiger partial charge in [-0.3, -0.25) is 0 Å². The quantitative estimate of drug-likeness (QED) is 0.233. The number of nitrogens with two attached hydrogens (primary N) is 1. The molecule has 1 heteroatoms. The van der Waals surface area contributed by atoms with Crippen molar-refractivity contribution in [2.75, 3.05) is 5.73 Å². The van der Waals surface area contributed by atoms with E-state index in [1.54, 1.807) is 0 Å². The van der Waals surface area contributed by atoms with Crippen LogP contribution in [0.1, 0.15) is 0 Å². The van der Waals surface area contributed by atoms with Gasteiger partial charge in [-0.2, -0.15) is 0 Å². The first-order valence-electron chi connectivity index (χ1n) is 10.6. The normalized spacial score (nSPS) is 11.4. The molecule has 1 nitrogen and oxygen atoms in total. The molecule has 6 aromatic carbocycles. The van der Waals surface area contributed by atoms with E-state index in [0.717, 1.165) is 5.69 Å². The molecule has 0 aliphatic carbocycles. The summed E-state index contributed by atoms with van der Waals surface area (Å²) in [6.45, 7) is 0. The Labute approximate surface area is 181 Å². The van der Waals surface area contributed by atoms with Crippen molar-refractivity contribution in [3.05, 3.63) is 115 Å². The molecular formula is C30H21N. The molecule has 0 saturated heterocycles. The van der Waals surface area contributed by atoms with Gasteiger partial charge in [-0.1, -0.05) is 97.1 Å². The fourth-order valence-electron chi connectivity index (χ4n) is 4.75. The average Bonchev–Trinajstić information content (AvgIpc) is 2.83. The van der Waals surface area contributed by atoms with Crippen LogP contribution in [0, 0.1) is 0 Å². The fraction of sp³-hybridized carbons (Fsp3) is 0. The lowest BCUT2D eigenvalue weighted by Crippen LogP contribution is -1.91. The third kappa shape index (κ3) is 2.86. The molecule has 0 amide bonds. The number of benzene rings is 6. The van der Waals surface area contributed by atoms with Gasteiger partial charge in [0.1, 0.15) is 0 Å². The Bertz CT molecular complexity index is 1520. The first kappa shape index (κ1) is 17.7. The molecule has 0 unspecified atom stereocenters. The van der Waals surface area contributed by atoms with Crippen molar-refractivity contribution in [3.8, 4) is 22.3 Å². The molecule has 146 valence electrons. The Morgan fingerprint density at radius 2 is 0.839 bits per heavy atom. The maximum Gasteiger partial charge on any atom is 0.0314 e. The van der Waals surface area contributed by atoms with Crippen molar-refractivity contribution in [3.63, 3.8) is 0 Å². The topological polar surface area (TPSA) is 26.0 Å². The molecule has 31 heavy (non-hydrogen) atoms. The van der Waals surface area contributed by atoms with Gasteiger partial charge in [0.05, 0.1) is 0 Å². The van der Waals surface area contributed by atoms with Crippen LogP contribution >= 0.6 is 0 Å². The number of hydrogen-bond donors (Lipinski definition) is 1. The van der Waals surface area contributed by atoms with Crippen molar-refractivity contribution >= 4 is 38.0 Å². The molecule has 0 aromatic heterocycles. The van der Waals surface area contributed by atoms with E-state index < -0.39 is 0 Å². The van der Waals surface area contributed by atoms with Gasteiger partial charge in [0, 0.05) is 5.69 Å². The summed E-state index contributed by atoms with van der Waals surface area (Å²) in [6, 6.07) is 41.0. The van der Waals surface area contributed by atoms with E-state index in [4.69, 9.17) is 5.73 Å². The molecule has 0 aliphatic heterocycles. The van der Waals surface area contributed by atoms with E-state index in [1.807, 2.05) is 12.1 Å². The zero-order valence-electron chi connectivity index (χ0n) is 17.0. The molecule has 0 fully saturated rings. The predicted octanol–water partition coefficient (Wildman–Crippen LogP) is 8.06. The highest BCUT2D eigenvalue weighted by atomic mass is 14.5. The van der Waals surface area contributed by atoms with Crippen LogP contribution in [-0.4, -0.2) is 0 Å². The minimum atomic E-state index is 0.783. The van der Waals surface area contributed by atoms with E-state index in [2.05, 4.69) is 103 Å². The third-order valence-corrected chi connectivity index (χ3v) is 6.17. The Kier molecular flexibility index (Phi) is 4.00. The van der Waals surface area contributed by atoms with Crippen molar-refractivity contribution in [1.29, 1.82) is 0 Å². The summed E-state index contributed by atoms with van der Waals surface area (Å²) in [4.78, 5) is 0. The van der Waals surface area contributed by atoms with Crippen molar-refractivity contribution in [2.24, 2.45) is 0 Å². The van der Waals surface area contributed by atoms with Gasteiger partial charge in [0.2, 0.25) is 0 Å². The lowest BCUT2D eigenvalue weighted by atomic mass is 9.85. The third-order valence-electron chi connectivity index (χ3n) is 6.17. The van der Waals surface area contributed by atoms with Crippen LogP contribution in [0.4, 0.5) is 5.69 Å². The van der Waals surface area contributed by atoms with Gasteiger partial charge in [-0.15, -0.1) is 0 Å². The van der Waals surface area contributed by atoms with Crippen LogP contribution in [0.15, 0.2) is 115 Å². The van der Waals surface area contributed by atoms with E-state index in [9.17, 15) is 0 Å². The lowest BCUT2D eigenvalue weighted by molar-refractivity contribution is 1.65. The van der Waals surface area contributed by atoms with Crippen LogP contribution in [0.25, 0.3) is 54.6 Å². The first-order chi connectivity index (χ1) is 15.3. The summed E-state index contributed by atoms with van der Waals surface area (Å²) in [5, 5.41) is 7.57. The maximum atomic E-state index is 5.98. The summed E-state index contributed by atoms with van der Waals surface area (Å²) in [5.41, 5.74) is 11.7. The highest BCUT2D eigenvalue weighted by molar-refractivity contribution is 6.21. The summed E-state index contributed by atoms with van der Waals surface area (Å²) in [5.74, 6) is 0. The zero-order chi connectivity index (χ0) is 20.8. The molecule has 0 spiro atoms. The van der Waals surface area contributed by atoms with Crippen molar-refractivity contribution < 1.29 is 0 Å². The summed E-state index contributed by atoms with van der Waals surface area (Å²) in [6.07, 6.45) is 0.